The largest absolute Gasteiger partial charge is 0.369 e. The van der Waals surface area contributed by atoms with E-state index in [1.54, 1.807) is 6.20 Å². The molecule has 0 aromatic carbocycles. The van der Waals surface area contributed by atoms with E-state index < -0.39 is 0 Å². The zero-order chi connectivity index (χ0) is 13.2. The minimum absolute atomic E-state index is 0.542. The van der Waals surface area contributed by atoms with Crippen LogP contribution < -0.4 is 5.73 Å². The maximum absolute atomic E-state index is 5.99. The summed E-state index contributed by atoms with van der Waals surface area (Å²) in [7, 11) is 0. The fraction of sp³-hybridized carbons (Fsp3) is 0.571. The lowest BCUT2D eigenvalue weighted by molar-refractivity contribution is 0.326. The summed E-state index contributed by atoms with van der Waals surface area (Å²) in [6.07, 6.45) is 9.67. The molecule has 2 aromatic rings. The summed E-state index contributed by atoms with van der Waals surface area (Å²) in [5, 5.41) is 0.601. The number of nitrogens with zero attached hydrogens (tertiary/aromatic N) is 3. The van der Waals surface area contributed by atoms with E-state index in [0.717, 1.165) is 23.6 Å². The first-order chi connectivity index (χ1) is 9.24. The fourth-order valence-electron chi connectivity index (χ4n) is 3.01. The minimum Gasteiger partial charge on any atom is -0.369 e. The Hall–Kier alpha value is -1.29. The maximum Gasteiger partial charge on any atom is 0.202 e. The number of hydrogen-bond acceptors (Lipinski definition) is 3. The van der Waals surface area contributed by atoms with Gasteiger partial charge < -0.3 is 5.73 Å². The van der Waals surface area contributed by atoms with Gasteiger partial charge in [0.2, 0.25) is 5.95 Å². The molecule has 0 bridgehead atoms. The Labute approximate surface area is 118 Å². The summed E-state index contributed by atoms with van der Waals surface area (Å²) in [5.41, 5.74) is 7.62. The number of imidazole rings is 1. The smallest absolute Gasteiger partial charge is 0.202 e. The first-order valence-electron chi connectivity index (χ1n) is 7.01. The van der Waals surface area contributed by atoms with Crippen molar-refractivity contribution in [2.45, 2.75) is 45.1 Å². The Kier molecular flexibility index (Phi) is 3.60. The summed E-state index contributed by atoms with van der Waals surface area (Å²) in [6, 6.07) is 1.82. The van der Waals surface area contributed by atoms with Crippen molar-refractivity contribution in [3.05, 3.63) is 17.3 Å². The molecule has 0 aliphatic heterocycles. The van der Waals surface area contributed by atoms with E-state index >= 15 is 0 Å². The SMILES string of the molecule is Nc1nc2cc(Cl)cnc2n1CCC1CCCCC1. The van der Waals surface area contributed by atoms with E-state index in [1.165, 1.54) is 38.5 Å². The van der Waals surface area contributed by atoms with Crippen LogP contribution in [0.2, 0.25) is 5.02 Å². The van der Waals surface area contributed by atoms with E-state index in [-0.39, 0.29) is 0 Å². The molecule has 4 nitrogen and oxygen atoms in total. The van der Waals surface area contributed by atoms with Crippen LogP contribution in [0, 0.1) is 5.92 Å². The van der Waals surface area contributed by atoms with Gasteiger partial charge in [0.15, 0.2) is 5.65 Å². The molecule has 1 aliphatic rings. The average molecular weight is 279 g/mol. The molecule has 0 radical (unpaired) electrons. The molecule has 1 aliphatic carbocycles. The van der Waals surface area contributed by atoms with Crippen molar-refractivity contribution in [2.24, 2.45) is 5.92 Å². The van der Waals surface area contributed by atoms with Gasteiger partial charge in [-0.2, -0.15) is 0 Å². The maximum atomic E-state index is 5.99. The van der Waals surface area contributed by atoms with Crippen LogP contribution in [0.5, 0.6) is 0 Å². The molecule has 2 aromatic heterocycles. The van der Waals surface area contributed by atoms with Crippen molar-refractivity contribution >= 4 is 28.7 Å². The Bertz CT molecular complexity index is 572. The second-order valence-corrected chi connectivity index (χ2v) is 5.85. The van der Waals surface area contributed by atoms with Gasteiger partial charge >= 0.3 is 0 Å². The predicted octanol–water partition coefficient (Wildman–Crippen LogP) is 3.64. The molecule has 0 amide bonds. The van der Waals surface area contributed by atoms with Gasteiger partial charge in [-0.1, -0.05) is 43.7 Å². The van der Waals surface area contributed by atoms with Gasteiger partial charge in [0.25, 0.3) is 0 Å². The van der Waals surface area contributed by atoms with Crippen LogP contribution in [0.15, 0.2) is 12.3 Å². The molecular formula is C14H19ClN4. The van der Waals surface area contributed by atoms with Crippen LogP contribution in [0.3, 0.4) is 0 Å². The van der Waals surface area contributed by atoms with Gasteiger partial charge in [-0.05, 0) is 18.4 Å². The van der Waals surface area contributed by atoms with Crippen LogP contribution in [0.25, 0.3) is 11.2 Å². The molecule has 1 fully saturated rings. The molecule has 0 spiro atoms. The molecule has 5 heteroatoms. The number of halogens is 1. The Morgan fingerprint density at radius 3 is 2.89 bits per heavy atom. The number of hydrogen-bond donors (Lipinski definition) is 1. The summed E-state index contributed by atoms with van der Waals surface area (Å²) in [6.45, 7) is 0.904. The zero-order valence-corrected chi connectivity index (χ0v) is 11.7. The normalized spacial score (nSPS) is 17.1. The highest BCUT2D eigenvalue weighted by molar-refractivity contribution is 6.31. The quantitative estimate of drug-likeness (QED) is 0.932. The van der Waals surface area contributed by atoms with E-state index in [0.29, 0.717) is 11.0 Å². The highest BCUT2D eigenvalue weighted by Crippen LogP contribution is 2.28. The van der Waals surface area contributed by atoms with Crippen molar-refractivity contribution in [3.63, 3.8) is 0 Å². The first-order valence-corrected chi connectivity index (χ1v) is 7.39. The van der Waals surface area contributed by atoms with E-state index in [9.17, 15) is 0 Å². The molecule has 102 valence electrons. The Morgan fingerprint density at radius 2 is 2.11 bits per heavy atom. The second kappa shape index (κ2) is 5.37. The van der Waals surface area contributed by atoms with Crippen molar-refractivity contribution in [2.75, 3.05) is 5.73 Å². The van der Waals surface area contributed by atoms with E-state index in [2.05, 4.69) is 9.97 Å². The summed E-state index contributed by atoms with van der Waals surface area (Å²) < 4.78 is 2.01. The monoisotopic (exact) mass is 278 g/mol. The highest BCUT2D eigenvalue weighted by Gasteiger charge is 2.15. The molecular weight excluding hydrogens is 260 g/mol. The summed E-state index contributed by atoms with van der Waals surface area (Å²) in [5.74, 6) is 1.37. The van der Waals surface area contributed by atoms with Gasteiger partial charge in [-0.3, -0.25) is 4.57 Å². The van der Waals surface area contributed by atoms with Gasteiger partial charge in [0.05, 0.1) is 5.02 Å². The van der Waals surface area contributed by atoms with Crippen molar-refractivity contribution in [3.8, 4) is 0 Å². The van der Waals surface area contributed by atoms with Crippen molar-refractivity contribution < 1.29 is 0 Å². The predicted molar refractivity (Wildman–Crippen MR) is 78.1 cm³/mol. The number of pyridine rings is 1. The number of rotatable bonds is 3. The Balaban J connectivity index is 1.78. The zero-order valence-electron chi connectivity index (χ0n) is 11.0. The van der Waals surface area contributed by atoms with Gasteiger partial charge in [-0.15, -0.1) is 0 Å². The number of nitrogens with two attached hydrogens (primary N) is 1. The van der Waals surface area contributed by atoms with E-state index in [4.69, 9.17) is 17.3 Å². The lowest BCUT2D eigenvalue weighted by Crippen LogP contribution is -2.11. The van der Waals surface area contributed by atoms with Gasteiger partial charge in [0.1, 0.15) is 5.52 Å². The third kappa shape index (κ3) is 2.68. The standard InChI is InChI=1S/C14H19ClN4/c15-11-8-12-13(17-9-11)19(14(16)18-12)7-6-10-4-2-1-3-5-10/h8-10H,1-7H2,(H2,16,18). The van der Waals surface area contributed by atoms with Crippen molar-refractivity contribution in [1.82, 2.24) is 14.5 Å². The topological polar surface area (TPSA) is 56.7 Å². The second-order valence-electron chi connectivity index (χ2n) is 5.41. The molecule has 1 saturated carbocycles. The number of anilines is 1. The van der Waals surface area contributed by atoms with E-state index in [1.807, 2.05) is 10.6 Å². The number of aromatic nitrogens is 3. The number of nitrogen functional groups attached to an aromatic ring is 1. The molecule has 3 rings (SSSR count). The lowest BCUT2D eigenvalue weighted by atomic mass is 9.87. The van der Waals surface area contributed by atoms with Crippen LogP contribution in [-0.4, -0.2) is 14.5 Å². The van der Waals surface area contributed by atoms with Gasteiger partial charge in [0, 0.05) is 12.7 Å². The molecule has 0 atom stereocenters. The Morgan fingerprint density at radius 1 is 1.32 bits per heavy atom. The van der Waals surface area contributed by atoms with Crippen LogP contribution >= 0.6 is 11.6 Å². The van der Waals surface area contributed by atoms with Gasteiger partial charge in [-0.25, -0.2) is 9.97 Å². The van der Waals surface area contributed by atoms with Crippen LogP contribution in [0.1, 0.15) is 38.5 Å². The molecule has 19 heavy (non-hydrogen) atoms. The summed E-state index contributed by atoms with van der Waals surface area (Å²) >= 11 is 5.93. The van der Waals surface area contributed by atoms with Crippen LogP contribution in [-0.2, 0) is 6.54 Å². The first kappa shape index (κ1) is 12.7. The van der Waals surface area contributed by atoms with Crippen molar-refractivity contribution in [1.29, 1.82) is 0 Å². The molecule has 2 heterocycles. The number of fused-ring (bicyclic) bond motifs is 1. The average Bonchev–Trinajstić information content (AvgIpc) is 2.72. The molecule has 0 unspecified atom stereocenters. The molecule has 2 N–H and O–H groups in total. The van der Waals surface area contributed by atoms with Crippen LogP contribution in [0.4, 0.5) is 5.95 Å². The third-order valence-corrected chi connectivity index (χ3v) is 4.27. The fourth-order valence-corrected chi connectivity index (χ4v) is 3.16. The lowest BCUT2D eigenvalue weighted by Gasteiger charge is -2.21. The highest BCUT2D eigenvalue weighted by atomic mass is 35.5. The summed E-state index contributed by atoms with van der Waals surface area (Å²) in [4.78, 5) is 8.69. The number of aryl methyl sites for hydroxylation is 1. The molecule has 0 saturated heterocycles. The minimum atomic E-state index is 0.542. The third-order valence-electron chi connectivity index (χ3n) is 4.07.